The van der Waals surface area contributed by atoms with Gasteiger partial charge in [-0.3, -0.25) is 9.48 Å². The number of primary amides is 1. The Morgan fingerprint density at radius 1 is 1.71 bits per heavy atom. The molecule has 6 nitrogen and oxygen atoms in total. The number of hydrogen-bond acceptors (Lipinski definition) is 4. The molecular formula is C8H13N3O3. The second kappa shape index (κ2) is 4.21. The molecule has 0 aliphatic heterocycles. The van der Waals surface area contributed by atoms with Gasteiger partial charge in [-0.2, -0.15) is 5.10 Å². The zero-order chi connectivity index (χ0) is 10.7. The summed E-state index contributed by atoms with van der Waals surface area (Å²) in [5.41, 5.74) is 6.02. The third-order valence-electron chi connectivity index (χ3n) is 1.84. The van der Waals surface area contributed by atoms with E-state index in [-0.39, 0.29) is 6.42 Å². The Morgan fingerprint density at radius 2 is 2.36 bits per heavy atom. The van der Waals surface area contributed by atoms with Gasteiger partial charge in [0.15, 0.2) is 6.29 Å². The van der Waals surface area contributed by atoms with Crippen LogP contribution in [-0.2, 0) is 13.5 Å². The van der Waals surface area contributed by atoms with E-state index in [0.717, 1.165) is 0 Å². The Bertz CT molecular complexity index is 333. The van der Waals surface area contributed by atoms with Crippen molar-refractivity contribution >= 4 is 5.91 Å². The van der Waals surface area contributed by atoms with Crippen LogP contribution in [0.15, 0.2) is 6.07 Å². The summed E-state index contributed by atoms with van der Waals surface area (Å²) < 4.78 is 1.38. The van der Waals surface area contributed by atoms with Crippen molar-refractivity contribution in [3.63, 3.8) is 0 Å². The molecule has 0 spiro atoms. The van der Waals surface area contributed by atoms with Gasteiger partial charge in [-0.25, -0.2) is 0 Å². The molecule has 0 unspecified atom stereocenters. The average Bonchev–Trinajstić information content (AvgIpc) is 2.43. The van der Waals surface area contributed by atoms with Crippen molar-refractivity contribution in [3.05, 3.63) is 17.5 Å². The summed E-state index contributed by atoms with van der Waals surface area (Å²) in [6.07, 6.45) is -0.761. The van der Waals surface area contributed by atoms with Crippen molar-refractivity contribution in [1.82, 2.24) is 9.78 Å². The fourth-order valence-electron chi connectivity index (χ4n) is 1.16. The molecule has 0 radical (unpaired) electrons. The van der Waals surface area contributed by atoms with E-state index in [2.05, 4.69) is 5.10 Å². The topological polar surface area (TPSA) is 101 Å². The fraction of sp³-hybridized carbons (Fsp3) is 0.500. The molecule has 0 saturated carbocycles. The third kappa shape index (κ3) is 2.54. The zero-order valence-corrected chi connectivity index (χ0v) is 7.84. The molecule has 0 aromatic carbocycles. The molecular weight excluding hydrogens is 186 g/mol. The highest BCUT2D eigenvalue weighted by Crippen LogP contribution is 2.05. The number of aliphatic hydroxyl groups excluding tert-OH is 1. The minimum Gasteiger partial charge on any atom is -0.368 e. The molecule has 1 rings (SSSR count). The number of aromatic nitrogens is 2. The van der Waals surface area contributed by atoms with Crippen LogP contribution in [0.5, 0.6) is 0 Å². The maximum atomic E-state index is 10.8. The number of nitrogens with zero attached hydrogens (tertiary/aromatic N) is 2. The molecule has 4 N–H and O–H groups in total. The van der Waals surface area contributed by atoms with E-state index in [1.54, 1.807) is 13.1 Å². The quantitative estimate of drug-likeness (QED) is 0.528. The van der Waals surface area contributed by atoms with Gasteiger partial charge < -0.3 is 15.9 Å². The summed E-state index contributed by atoms with van der Waals surface area (Å²) in [6.45, 7) is 0. The summed E-state index contributed by atoms with van der Waals surface area (Å²) >= 11 is 0. The van der Waals surface area contributed by atoms with Crippen LogP contribution in [0.3, 0.4) is 0 Å². The summed E-state index contributed by atoms with van der Waals surface area (Å²) in [7, 11) is 1.61. The Labute approximate surface area is 81.0 Å². The number of aliphatic hydroxyl groups is 2. The minimum absolute atomic E-state index is 0.190. The number of amides is 1. The van der Waals surface area contributed by atoms with Crippen LogP contribution in [0.2, 0.25) is 0 Å². The Hall–Kier alpha value is -1.40. The van der Waals surface area contributed by atoms with Crippen LogP contribution in [0.4, 0.5) is 0 Å². The molecule has 0 fully saturated rings. The van der Waals surface area contributed by atoms with Gasteiger partial charge in [0.1, 0.15) is 5.69 Å². The summed E-state index contributed by atoms with van der Waals surface area (Å²) in [6, 6.07) is 1.55. The maximum absolute atomic E-state index is 10.8. The molecule has 0 atom stereocenters. The van der Waals surface area contributed by atoms with Gasteiger partial charge in [-0.15, -0.1) is 0 Å². The SMILES string of the molecule is Cn1nc(CCC(O)O)cc1C(N)=O. The van der Waals surface area contributed by atoms with Crippen molar-refractivity contribution in [2.75, 3.05) is 0 Å². The number of carbonyl (C=O) groups excluding carboxylic acids is 1. The van der Waals surface area contributed by atoms with Gasteiger partial charge in [0, 0.05) is 13.5 Å². The van der Waals surface area contributed by atoms with Gasteiger partial charge in [-0.1, -0.05) is 0 Å². The smallest absolute Gasteiger partial charge is 0.266 e. The normalized spacial score (nSPS) is 10.9. The molecule has 0 saturated heterocycles. The molecule has 0 bridgehead atoms. The number of rotatable bonds is 4. The zero-order valence-electron chi connectivity index (χ0n) is 7.84. The lowest BCUT2D eigenvalue weighted by molar-refractivity contribution is -0.0448. The lowest BCUT2D eigenvalue weighted by Crippen LogP contribution is -2.15. The van der Waals surface area contributed by atoms with E-state index in [1.807, 2.05) is 0 Å². The first kappa shape index (κ1) is 10.7. The van der Waals surface area contributed by atoms with Crippen LogP contribution in [0.25, 0.3) is 0 Å². The van der Waals surface area contributed by atoms with Gasteiger partial charge >= 0.3 is 0 Å². The number of hydrogen-bond donors (Lipinski definition) is 3. The van der Waals surface area contributed by atoms with Crippen LogP contribution in [0, 0.1) is 0 Å². The monoisotopic (exact) mass is 199 g/mol. The first-order valence-electron chi connectivity index (χ1n) is 4.19. The largest absolute Gasteiger partial charge is 0.368 e. The van der Waals surface area contributed by atoms with Crippen molar-refractivity contribution in [2.45, 2.75) is 19.1 Å². The van der Waals surface area contributed by atoms with E-state index in [4.69, 9.17) is 15.9 Å². The highest BCUT2D eigenvalue weighted by Gasteiger charge is 2.10. The Balaban J connectivity index is 2.71. The van der Waals surface area contributed by atoms with Crippen LogP contribution in [0.1, 0.15) is 22.6 Å². The van der Waals surface area contributed by atoms with E-state index < -0.39 is 12.2 Å². The van der Waals surface area contributed by atoms with Gasteiger partial charge in [0.2, 0.25) is 0 Å². The number of nitrogens with two attached hydrogens (primary N) is 1. The van der Waals surface area contributed by atoms with Crippen LogP contribution in [-0.4, -0.2) is 32.2 Å². The first-order chi connectivity index (χ1) is 6.50. The van der Waals surface area contributed by atoms with Crippen molar-refractivity contribution < 1.29 is 15.0 Å². The van der Waals surface area contributed by atoms with E-state index >= 15 is 0 Å². The fourth-order valence-corrected chi connectivity index (χ4v) is 1.16. The number of carbonyl (C=O) groups is 1. The second-order valence-electron chi connectivity index (χ2n) is 3.03. The summed E-state index contributed by atoms with van der Waals surface area (Å²) in [5.74, 6) is -0.546. The molecule has 14 heavy (non-hydrogen) atoms. The Morgan fingerprint density at radius 3 is 2.79 bits per heavy atom. The number of aryl methyl sites for hydroxylation is 2. The van der Waals surface area contributed by atoms with Crippen molar-refractivity contribution in [2.24, 2.45) is 12.8 Å². The highest BCUT2D eigenvalue weighted by atomic mass is 16.5. The lowest BCUT2D eigenvalue weighted by Gasteiger charge is -1.98. The summed E-state index contributed by atoms with van der Waals surface area (Å²) in [4.78, 5) is 10.8. The first-order valence-corrected chi connectivity index (χ1v) is 4.19. The lowest BCUT2D eigenvalue weighted by atomic mass is 10.2. The van der Waals surface area contributed by atoms with Crippen molar-refractivity contribution in [3.8, 4) is 0 Å². The minimum atomic E-state index is -1.35. The average molecular weight is 199 g/mol. The predicted molar refractivity (Wildman–Crippen MR) is 48.3 cm³/mol. The summed E-state index contributed by atoms with van der Waals surface area (Å²) in [5, 5.41) is 21.3. The molecule has 0 aliphatic carbocycles. The molecule has 6 heteroatoms. The highest BCUT2D eigenvalue weighted by molar-refractivity contribution is 5.91. The second-order valence-corrected chi connectivity index (χ2v) is 3.03. The molecule has 1 heterocycles. The van der Waals surface area contributed by atoms with E-state index in [9.17, 15) is 4.79 Å². The van der Waals surface area contributed by atoms with Crippen LogP contribution < -0.4 is 5.73 Å². The van der Waals surface area contributed by atoms with Crippen LogP contribution >= 0.6 is 0 Å². The van der Waals surface area contributed by atoms with Crippen molar-refractivity contribution in [1.29, 1.82) is 0 Å². The predicted octanol–water partition coefficient (Wildman–Crippen LogP) is -1.24. The maximum Gasteiger partial charge on any atom is 0.266 e. The molecule has 1 amide bonds. The third-order valence-corrected chi connectivity index (χ3v) is 1.84. The van der Waals surface area contributed by atoms with Gasteiger partial charge in [0.25, 0.3) is 5.91 Å². The molecule has 1 aromatic heterocycles. The van der Waals surface area contributed by atoms with E-state index in [1.165, 1.54) is 4.68 Å². The van der Waals surface area contributed by atoms with Gasteiger partial charge in [-0.05, 0) is 12.5 Å². The molecule has 1 aromatic rings. The van der Waals surface area contributed by atoms with E-state index in [0.29, 0.717) is 17.8 Å². The van der Waals surface area contributed by atoms with Gasteiger partial charge in [0.05, 0.1) is 5.69 Å². The molecule has 0 aliphatic rings. The Kier molecular flexibility index (Phi) is 3.21. The standard InChI is InChI=1S/C8H13N3O3/c1-11-6(8(9)14)4-5(10-11)2-3-7(12)13/h4,7,12-13H,2-3H2,1H3,(H2,9,14). The molecule has 78 valence electrons.